The number of ether oxygens (including phenoxy) is 1. The van der Waals surface area contributed by atoms with Crippen LogP contribution in [-0.4, -0.2) is 29.5 Å². The van der Waals surface area contributed by atoms with Crippen molar-refractivity contribution in [2.24, 2.45) is 0 Å². The summed E-state index contributed by atoms with van der Waals surface area (Å²) in [6, 6.07) is -0.0329. The average Bonchev–Trinajstić information content (AvgIpc) is 2.85. The molecule has 0 aliphatic carbocycles. The molecule has 0 bridgehead atoms. The van der Waals surface area contributed by atoms with Gasteiger partial charge in [0.1, 0.15) is 6.61 Å². The Morgan fingerprint density at radius 3 is 2.33 bits per heavy atom. The Hall–Kier alpha value is -1.06. The van der Waals surface area contributed by atoms with E-state index in [-0.39, 0.29) is 11.9 Å². The predicted molar refractivity (Wildman–Crippen MR) is 84.1 cm³/mol. The molecular formula is C17H31NO3. The second-order valence-corrected chi connectivity index (χ2v) is 6.01. The minimum absolute atomic E-state index is 0.0329. The fraction of sp³-hybridized carbons (Fsp3) is 0.882. The highest BCUT2D eigenvalue weighted by Crippen LogP contribution is 2.20. The first-order valence-electron chi connectivity index (χ1n) is 8.69. The molecule has 2 amide bonds. The van der Waals surface area contributed by atoms with E-state index in [1.54, 1.807) is 0 Å². The minimum atomic E-state index is -0.441. The third kappa shape index (κ3) is 6.49. The number of rotatable bonds is 11. The maximum atomic E-state index is 12.2. The molecule has 1 aliphatic heterocycles. The molecule has 0 aromatic carbocycles. The van der Waals surface area contributed by atoms with Crippen molar-refractivity contribution in [3.63, 3.8) is 0 Å². The highest BCUT2D eigenvalue weighted by Gasteiger charge is 2.36. The van der Waals surface area contributed by atoms with Crippen molar-refractivity contribution in [2.45, 2.75) is 90.5 Å². The molecule has 1 atom stereocenters. The molecule has 1 fully saturated rings. The Morgan fingerprint density at radius 1 is 1.05 bits per heavy atom. The number of nitrogens with zero attached hydrogens (tertiary/aromatic N) is 1. The van der Waals surface area contributed by atoms with Gasteiger partial charge in [-0.1, -0.05) is 65.2 Å². The summed E-state index contributed by atoms with van der Waals surface area (Å²) < 4.78 is 5.03. The second kappa shape index (κ2) is 10.6. The molecule has 0 aromatic rings. The van der Waals surface area contributed by atoms with Crippen molar-refractivity contribution in [1.29, 1.82) is 0 Å². The third-order valence-corrected chi connectivity index (χ3v) is 4.11. The van der Waals surface area contributed by atoms with Gasteiger partial charge in [0, 0.05) is 6.42 Å². The number of unbranched alkanes of at least 4 members (excludes halogenated alkanes) is 7. The molecule has 0 radical (unpaired) electrons. The van der Waals surface area contributed by atoms with Crippen molar-refractivity contribution < 1.29 is 14.3 Å². The zero-order valence-electron chi connectivity index (χ0n) is 13.7. The van der Waals surface area contributed by atoms with Crippen LogP contribution in [0.1, 0.15) is 84.5 Å². The summed E-state index contributed by atoms with van der Waals surface area (Å²) in [7, 11) is 0. The Labute approximate surface area is 129 Å². The van der Waals surface area contributed by atoms with Gasteiger partial charge in [-0.15, -0.1) is 0 Å². The summed E-state index contributed by atoms with van der Waals surface area (Å²) in [4.78, 5) is 25.2. The van der Waals surface area contributed by atoms with Crippen LogP contribution in [0.4, 0.5) is 4.79 Å². The first-order chi connectivity index (χ1) is 10.2. The van der Waals surface area contributed by atoms with E-state index in [0.29, 0.717) is 13.0 Å². The number of hydrogen-bond donors (Lipinski definition) is 0. The van der Waals surface area contributed by atoms with E-state index in [4.69, 9.17) is 4.74 Å². The maximum Gasteiger partial charge on any atom is 0.416 e. The lowest BCUT2D eigenvalue weighted by Crippen LogP contribution is -2.38. The van der Waals surface area contributed by atoms with Crippen LogP contribution < -0.4 is 0 Å². The molecule has 1 unspecified atom stereocenters. The van der Waals surface area contributed by atoms with Crippen LogP contribution in [-0.2, 0) is 9.53 Å². The smallest absolute Gasteiger partial charge is 0.416 e. The zero-order valence-corrected chi connectivity index (χ0v) is 13.7. The first-order valence-corrected chi connectivity index (χ1v) is 8.69. The zero-order chi connectivity index (χ0) is 15.5. The van der Waals surface area contributed by atoms with E-state index in [9.17, 15) is 9.59 Å². The van der Waals surface area contributed by atoms with E-state index >= 15 is 0 Å². The van der Waals surface area contributed by atoms with E-state index in [1.807, 2.05) is 0 Å². The summed E-state index contributed by atoms with van der Waals surface area (Å²) in [5.74, 6) is -0.0489. The molecule has 1 rings (SSSR count). The van der Waals surface area contributed by atoms with Gasteiger partial charge in [0.25, 0.3) is 0 Å². The summed E-state index contributed by atoms with van der Waals surface area (Å²) in [6.45, 7) is 4.70. The SMILES string of the molecule is CCCCCCCCCC(=O)N1C(=O)OCC1CCCC. The molecule has 122 valence electrons. The highest BCUT2D eigenvalue weighted by molar-refractivity contribution is 5.93. The molecular weight excluding hydrogens is 266 g/mol. The fourth-order valence-corrected chi connectivity index (χ4v) is 2.77. The molecule has 1 saturated heterocycles. The second-order valence-electron chi connectivity index (χ2n) is 6.01. The third-order valence-electron chi connectivity index (χ3n) is 4.11. The van der Waals surface area contributed by atoms with Crippen LogP contribution in [0.25, 0.3) is 0 Å². The van der Waals surface area contributed by atoms with E-state index in [0.717, 1.165) is 32.1 Å². The van der Waals surface area contributed by atoms with Gasteiger partial charge < -0.3 is 4.74 Å². The topological polar surface area (TPSA) is 46.6 Å². The largest absolute Gasteiger partial charge is 0.447 e. The van der Waals surface area contributed by atoms with Gasteiger partial charge in [-0.25, -0.2) is 9.69 Å². The predicted octanol–water partition coefficient (Wildman–Crippen LogP) is 4.66. The van der Waals surface area contributed by atoms with Crippen LogP contribution in [0.2, 0.25) is 0 Å². The van der Waals surface area contributed by atoms with E-state index in [1.165, 1.54) is 37.0 Å². The molecule has 0 spiro atoms. The van der Waals surface area contributed by atoms with Gasteiger partial charge in [0.15, 0.2) is 0 Å². The fourth-order valence-electron chi connectivity index (χ4n) is 2.77. The Bertz CT molecular complexity index is 317. The van der Waals surface area contributed by atoms with Crippen molar-refractivity contribution in [2.75, 3.05) is 6.61 Å². The van der Waals surface area contributed by atoms with Crippen molar-refractivity contribution in [3.8, 4) is 0 Å². The van der Waals surface area contributed by atoms with Crippen LogP contribution >= 0.6 is 0 Å². The molecule has 21 heavy (non-hydrogen) atoms. The molecule has 0 N–H and O–H groups in total. The van der Waals surface area contributed by atoms with Crippen LogP contribution in [0.15, 0.2) is 0 Å². The van der Waals surface area contributed by atoms with Crippen molar-refractivity contribution in [3.05, 3.63) is 0 Å². The lowest BCUT2D eigenvalue weighted by Gasteiger charge is -2.19. The number of imide groups is 1. The maximum absolute atomic E-state index is 12.2. The Morgan fingerprint density at radius 2 is 1.67 bits per heavy atom. The van der Waals surface area contributed by atoms with Gasteiger partial charge in [-0.2, -0.15) is 0 Å². The lowest BCUT2D eigenvalue weighted by atomic mass is 10.1. The van der Waals surface area contributed by atoms with E-state index < -0.39 is 6.09 Å². The van der Waals surface area contributed by atoms with Crippen molar-refractivity contribution in [1.82, 2.24) is 4.90 Å². The lowest BCUT2D eigenvalue weighted by molar-refractivity contribution is -0.129. The summed E-state index contributed by atoms with van der Waals surface area (Å²) in [6.07, 6.45) is 11.3. The van der Waals surface area contributed by atoms with E-state index in [2.05, 4.69) is 13.8 Å². The number of carbonyl (C=O) groups is 2. The molecule has 4 nitrogen and oxygen atoms in total. The average molecular weight is 297 g/mol. The minimum Gasteiger partial charge on any atom is -0.447 e. The number of cyclic esters (lactones) is 1. The van der Waals surface area contributed by atoms with Crippen LogP contribution in [0.3, 0.4) is 0 Å². The molecule has 1 heterocycles. The van der Waals surface area contributed by atoms with Crippen LogP contribution in [0, 0.1) is 0 Å². The van der Waals surface area contributed by atoms with Gasteiger partial charge in [-0.05, 0) is 12.8 Å². The summed E-state index contributed by atoms with van der Waals surface area (Å²) >= 11 is 0. The normalized spacial score (nSPS) is 18.1. The molecule has 4 heteroatoms. The number of amides is 2. The summed E-state index contributed by atoms with van der Waals surface area (Å²) in [5, 5.41) is 0. The number of carbonyl (C=O) groups excluding carboxylic acids is 2. The van der Waals surface area contributed by atoms with Crippen molar-refractivity contribution >= 4 is 12.0 Å². The first kappa shape index (κ1) is 18.0. The van der Waals surface area contributed by atoms with Gasteiger partial charge in [0.05, 0.1) is 6.04 Å². The Kier molecular flexibility index (Phi) is 9.11. The molecule has 0 aromatic heterocycles. The standard InChI is InChI=1S/C17H31NO3/c1-3-5-7-8-9-10-11-13-16(19)18-15(12-6-4-2)14-21-17(18)20/h15H,3-14H2,1-2H3. The van der Waals surface area contributed by atoms with Gasteiger partial charge in [0.2, 0.25) is 5.91 Å². The van der Waals surface area contributed by atoms with Crippen LogP contribution in [0.5, 0.6) is 0 Å². The monoisotopic (exact) mass is 297 g/mol. The van der Waals surface area contributed by atoms with Gasteiger partial charge in [-0.3, -0.25) is 4.79 Å². The number of hydrogen-bond acceptors (Lipinski definition) is 3. The highest BCUT2D eigenvalue weighted by atomic mass is 16.6. The molecule has 0 saturated carbocycles. The molecule has 1 aliphatic rings. The quantitative estimate of drug-likeness (QED) is 0.521. The van der Waals surface area contributed by atoms with Gasteiger partial charge >= 0.3 is 6.09 Å². The summed E-state index contributed by atoms with van der Waals surface area (Å²) in [5.41, 5.74) is 0. The Balaban J connectivity index is 2.21.